The molecule has 5 nitrogen and oxygen atoms in total. The van der Waals surface area contributed by atoms with Gasteiger partial charge in [0.1, 0.15) is 11.5 Å². The second kappa shape index (κ2) is 5.20. The van der Waals surface area contributed by atoms with Crippen LogP contribution in [0.15, 0.2) is 54.7 Å². The number of non-ortho nitro benzene ring substituents is 1. The highest BCUT2D eigenvalue weighted by Gasteiger charge is 2.10. The summed E-state index contributed by atoms with van der Waals surface area (Å²) in [5.41, 5.74) is 1.61. The molecule has 21 heavy (non-hydrogen) atoms. The van der Waals surface area contributed by atoms with Crippen molar-refractivity contribution in [2.24, 2.45) is 0 Å². The van der Waals surface area contributed by atoms with E-state index in [-0.39, 0.29) is 5.69 Å². The van der Waals surface area contributed by atoms with Crippen LogP contribution in [0.4, 0.5) is 5.69 Å². The van der Waals surface area contributed by atoms with Crippen LogP contribution in [-0.2, 0) is 0 Å². The molecule has 3 rings (SSSR count). The lowest BCUT2D eigenvalue weighted by Gasteiger charge is -2.10. The van der Waals surface area contributed by atoms with E-state index in [4.69, 9.17) is 4.74 Å². The van der Waals surface area contributed by atoms with Gasteiger partial charge in [-0.1, -0.05) is 6.07 Å². The number of benzene rings is 2. The number of hydrogen-bond acceptors (Lipinski definition) is 4. The Kier molecular flexibility index (Phi) is 3.23. The molecular weight excluding hydrogens is 268 g/mol. The second-order valence-electron chi connectivity index (χ2n) is 4.64. The number of nitro benzene ring substituents is 1. The molecule has 0 amide bonds. The van der Waals surface area contributed by atoms with Crippen molar-refractivity contribution in [2.75, 3.05) is 0 Å². The van der Waals surface area contributed by atoms with Gasteiger partial charge in [0.15, 0.2) is 0 Å². The van der Waals surface area contributed by atoms with Gasteiger partial charge in [0.05, 0.1) is 10.4 Å². The summed E-state index contributed by atoms with van der Waals surface area (Å²) in [5, 5.41) is 11.7. The molecule has 0 unspecified atom stereocenters. The fourth-order valence-corrected chi connectivity index (χ4v) is 2.14. The number of aromatic nitrogens is 1. The van der Waals surface area contributed by atoms with Gasteiger partial charge >= 0.3 is 0 Å². The highest BCUT2D eigenvalue weighted by Crippen LogP contribution is 2.32. The lowest BCUT2D eigenvalue weighted by atomic mass is 10.2. The molecular formula is C16H12N2O3. The van der Waals surface area contributed by atoms with E-state index in [9.17, 15) is 10.1 Å². The van der Waals surface area contributed by atoms with Gasteiger partial charge in [-0.15, -0.1) is 0 Å². The number of fused-ring (bicyclic) bond motifs is 1. The topological polar surface area (TPSA) is 65.3 Å². The summed E-state index contributed by atoms with van der Waals surface area (Å²) in [5.74, 6) is 1.27. The zero-order valence-corrected chi connectivity index (χ0v) is 11.3. The number of rotatable bonds is 3. The maximum absolute atomic E-state index is 10.8. The Morgan fingerprint density at radius 3 is 2.71 bits per heavy atom. The van der Waals surface area contributed by atoms with Crippen LogP contribution in [0.3, 0.4) is 0 Å². The minimum atomic E-state index is -0.418. The van der Waals surface area contributed by atoms with E-state index in [2.05, 4.69) is 4.98 Å². The number of aryl methyl sites for hydroxylation is 1. The molecule has 0 N–H and O–H groups in total. The maximum atomic E-state index is 10.8. The minimum absolute atomic E-state index is 0.0550. The SMILES string of the molecule is Cc1cc([N+](=O)[O-])ccc1Oc1cccc2ncccc12. The quantitative estimate of drug-likeness (QED) is 0.531. The lowest BCUT2D eigenvalue weighted by molar-refractivity contribution is -0.384. The third-order valence-electron chi connectivity index (χ3n) is 3.19. The first-order chi connectivity index (χ1) is 10.1. The summed E-state index contributed by atoms with van der Waals surface area (Å²) in [7, 11) is 0. The lowest BCUT2D eigenvalue weighted by Crippen LogP contribution is -1.92. The van der Waals surface area contributed by atoms with E-state index < -0.39 is 4.92 Å². The summed E-state index contributed by atoms with van der Waals surface area (Å²) in [6.07, 6.45) is 1.73. The van der Waals surface area contributed by atoms with Gasteiger partial charge in [-0.05, 0) is 42.8 Å². The van der Waals surface area contributed by atoms with Crippen LogP contribution in [0.5, 0.6) is 11.5 Å². The van der Waals surface area contributed by atoms with Crippen LogP contribution in [0, 0.1) is 17.0 Å². The van der Waals surface area contributed by atoms with Crippen LogP contribution >= 0.6 is 0 Å². The zero-order valence-electron chi connectivity index (χ0n) is 11.3. The Morgan fingerprint density at radius 2 is 1.95 bits per heavy atom. The summed E-state index contributed by atoms with van der Waals surface area (Å²) < 4.78 is 5.89. The standard InChI is InChI=1S/C16H12N2O3/c1-11-10-12(18(19)20)7-8-15(11)21-16-6-2-5-14-13(16)4-3-9-17-14/h2-10H,1H3. The first-order valence-electron chi connectivity index (χ1n) is 6.42. The van der Waals surface area contributed by atoms with E-state index >= 15 is 0 Å². The summed E-state index contributed by atoms with van der Waals surface area (Å²) in [6, 6.07) is 13.9. The molecule has 0 bridgehead atoms. The van der Waals surface area contributed by atoms with Crippen LogP contribution in [0.25, 0.3) is 10.9 Å². The Balaban J connectivity index is 2.01. The Hall–Kier alpha value is -2.95. The number of ether oxygens (including phenoxy) is 1. The molecule has 0 saturated heterocycles. The molecule has 0 aliphatic rings. The Bertz CT molecular complexity index is 825. The third kappa shape index (κ3) is 2.53. The molecule has 1 heterocycles. The smallest absolute Gasteiger partial charge is 0.269 e. The van der Waals surface area contributed by atoms with Gasteiger partial charge in [0, 0.05) is 23.7 Å². The minimum Gasteiger partial charge on any atom is -0.456 e. The first kappa shape index (κ1) is 13.1. The van der Waals surface area contributed by atoms with Crippen molar-refractivity contribution in [3.05, 3.63) is 70.4 Å². The molecule has 5 heteroatoms. The van der Waals surface area contributed by atoms with Crippen molar-refractivity contribution >= 4 is 16.6 Å². The summed E-state index contributed by atoms with van der Waals surface area (Å²) in [4.78, 5) is 14.6. The largest absolute Gasteiger partial charge is 0.456 e. The highest BCUT2D eigenvalue weighted by molar-refractivity contribution is 5.85. The molecule has 0 atom stereocenters. The second-order valence-corrected chi connectivity index (χ2v) is 4.64. The average Bonchev–Trinajstić information content (AvgIpc) is 2.49. The molecule has 0 aliphatic carbocycles. The molecule has 1 aromatic heterocycles. The Labute approximate surface area is 121 Å². The number of pyridine rings is 1. The fourth-order valence-electron chi connectivity index (χ4n) is 2.14. The first-order valence-corrected chi connectivity index (χ1v) is 6.42. The number of hydrogen-bond donors (Lipinski definition) is 0. The van der Waals surface area contributed by atoms with Gasteiger partial charge in [0.2, 0.25) is 0 Å². The predicted octanol–water partition coefficient (Wildman–Crippen LogP) is 4.24. The van der Waals surface area contributed by atoms with Crippen LogP contribution in [-0.4, -0.2) is 9.91 Å². The van der Waals surface area contributed by atoms with Gasteiger partial charge in [-0.2, -0.15) is 0 Å². The van der Waals surface area contributed by atoms with Crippen molar-refractivity contribution in [3.63, 3.8) is 0 Å². The molecule has 0 spiro atoms. The van der Waals surface area contributed by atoms with Crippen molar-refractivity contribution in [1.82, 2.24) is 4.98 Å². The van der Waals surface area contributed by atoms with Crippen molar-refractivity contribution < 1.29 is 9.66 Å². The van der Waals surface area contributed by atoms with Crippen molar-refractivity contribution in [3.8, 4) is 11.5 Å². The average molecular weight is 280 g/mol. The molecule has 0 fully saturated rings. The fraction of sp³-hybridized carbons (Fsp3) is 0.0625. The van der Waals surface area contributed by atoms with E-state index in [0.29, 0.717) is 17.1 Å². The van der Waals surface area contributed by atoms with Gasteiger partial charge in [-0.25, -0.2) is 0 Å². The third-order valence-corrected chi connectivity index (χ3v) is 3.19. The number of nitrogens with zero attached hydrogens (tertiary/aromatic N) is 2. The monoisotopic (exact) mass is 280 g/mol. The van der Waals surface area contributed by atoms with E-state index in [0.717, 1.165) is 10.9 Å². The van der Waals surface area contributed by atoms with Crippen LogP contribution in [0.2, 0.25) is 0 Å². The molecule has 3 aromatic rings. The van der Waals surface area contributed by atoms with E-state index in [1.54, 1.807) is 19.2 Å². The summed E-state index contributed by atoms with van der Waals surface area (Å²) >= 11 is 0. The van der Waals surface area contributed by atoms with Crippen LogP contribution in [0.1, 0.15) is 5.56 Å². The molecule has 0 aliphatic heterocycles. The number of nitro groups is 1. The van der Waals surface area contributed by atoms with Crippen LogP contribution < -0.4 is 4.74 Å². The molecule has 104 valence electrons. The Morgan fingerprint density at radius 1 is 1.10 bits per heavy atom. The van der Waals surface area contributed by atoms with E-state index in [1.165, 1.54) is 12.1 Å². The van der Waals surface area contributed by atoms with Crippen molar-refractivity contribution in [2.45, 2.75) is 6.92 Å². The van der Waals surface area contributed by atoms with Gasteiger partial charge < -0.3 is 4.74 Å². The molecule has 2 aromatic carbocycles. The summed E-state index contributed by atoms with van der Waals surface area (Å²) in [6.45, 7) is 1.78. The predicted molar refractivity (Wildman–Crippen MR) is 79.7 cm³/mol. The highest BCUT2D eigenvalue weighted by atomic mass is 16.6. The zero-order chi connectivity index (χ0) is 14.8. The normalized spacial score (nSPS) is 10.5. The van der Waals surface area contributed by atoms with Gasteiger partial charge in [-0.3, -0.25) is 15.1 Å². The van der Waals surface area contributed by atoms with E-state index in [1.807, 2.05) is 30.3 Å². The van der Waals surface area contributed by atoms with Gasteiger partial charge in [0.25, 0.3) is 5.69 Å². The molecule has 0 saturated carbocycles. The molecule has 0 radical (unpaired) electrons. The maximum Gasteiger partial charge on any atom is 0.269 e. The van der Waals surface area contributed by atoms with Crippen molar-refractivity contribution in [1.29, 1.82) is 0 Å².